The third-order valence-electron chi connectivity index (χ3n) is 1.10. The fourth-order valence-corrected chi connectivity index (χ4v) is 0.520. The lowest BCUT2D eigenvalue weighted by Gasteiger charge is -2.07. The minimum absolute atomic E-state index is 0.0939. The van der Waals surface area contributed by atoms with Gasteiger partial charge in [-0.3, -0.25) is 4.79 Å². The number of nitrogens with one attached hydrogen (secondary N) is 1. The number of rotatable bonds is 4. The van der Waals surface area contributed by atoms with Gasteiger partial charge in [-0.15, -0.1) is 0 Å². The van der Waals surface area contributed by atoms with Gasteiger partial charge < -0.3 is 10.4 Å². The van der Waals surface area contributed by atoms with Crippen LogP contribution in [0.15, 0.2) is 0 Å². The topological polar surface area (TPSA) is 49.3 Å². The summed E-state index contributed by atoms with van der Waals surface area (Å²) in [5.41, 5.74) is 0. The Morgan fingerprint density at radius 3 is 2.80 bits per heavy atom. The molecule has 4 heteroatoms. The van der Waals surface area contributed by atoms with Crippen molar-refractivity contribution in [2.45, 2.75) is 6.92 Å². The van der Waals surface area contributed by atoms with E-state index in [0.717, 1.165) is 0 Å². The van der Waals surface area contributed by atoms with Crippen LogP contribution in [0.25, 0.3) is 0 Å². The fraction of sp³-hybridized carbons (Fsp3) is 0.833. The van der Waals surface area contributed by atoms with E-state index in [4.69, 9.17) is 5.11 Å². The van der Waals surface area contributed by atoms with Gasteiger partial charge in [0, 0.05) is 13.2 Å². The summed E-state index contributed by atoms with van der Waals surface area (Å²) in [6.07, 6.45) is 0. The highest BCUT2D eigenvalue weighted by molar-refractivity contribution is 7.81. The van der Waals surface area contributed by atoms with Gasteiger partial charge in [-0.1, -0.05) is 6.92 Å². The molecule has 10 heavy (non-hydrogen) atoms. The van der Waals surface area contributed by atoms with Crippen molar-refractivity contribution < 1.29 is 9.90 Å². The second-order valence-corrected chi connectivity index (χ2v) is 2.57. The van der Waals surface area contributed by atoms with Crippen LogP contribution in [0.2, 0.25) is 0 Å². The normalized spacial score (nSPS) is 12.7. The van der Waals surface area contributed by atoms with Crippen molar-refractivity contribution in [2.75, 3.05) is 18.9 Å². The molecule has 2 N–H and O–H groups in total. The maximum Gasteiger partial charge on any atom is 0.229 e. The van der Waals surface area contributed by atoms with Crippen LogP contribution in [0.1, 0.15) is 6.92 Å². The van der Waals surface area contributed by atoms with Crippen molar-refractivity contribution in [2.24, 2.45) is 5.92 Å². The molecule has 0 heterocycles. The standard InChI is InChI=1S/C6H13NO2S/c1-5(3-8)2-7-6(9)4-10/h5,8,10H,2-4H2,1H3,(H,7,9). The van der Waals surface area contributed by atoms with Gasteiger partial charge in [0.1, 0.15) is 0 Å². The van der Waals surface area contributed by atoms with Crippen LogP contribution in [0.3, 0.4) is 0 Å². The van der Waals surface area contributed by atoms with E-state index >= 15 is 0 Å². The lowest BCUT2D eigenvalue weighted by atomic mass is 10.2. The minimum Gasteiger partial charge on any atom is -0.396 e. The lowest BCUT2D eigenvalue weighted by Crippen LogP contribution is -2.30. The zero-order chi connectivity index (χ0) is 7.98. The summed E-state index contributed by atoms with van der Waals surface area (Å²) in [4.78, 5) is 10.6. The van der Waals surface area contributed by atoms with E-state index in [1.54, 1.807) is 0 Å². The molecule has 0 spiro atoms. The molecular weight excluding hydrogens is 150 g/mol. The molecule has 0 rings (SSSR count). The first-order chi connectivity index (χ1) is 4.70. The van der Waals surface area contributed by atoms with Gasteiger partial charge in [-0.05, 0) is 5.92 Å². The second kappa shape index (κ2) is 5.56. The number of thiol groups is 1. The first-order valence-corrected chi connectivity index (χ1v) is 3.82. The monoisotopic (exact) mass is 163 g/mol. The van der Waals surface area contributed by atoms with Crippen LogP contribution in [0.4, 0.5) is 0 Å². The predicted octanol–water partition coefficient (Wildman–Crippen LogP) is -0.339. The Kier molecular flexibility index (Phi) is 5.43. The van der Waals surface area contributed by atoms with Crippen molar-refractivity contribution in [3.8, 4) is 0 Å². The first-order valence-electron chi connectivity index (χ1n) is 3.19. The van der Waals surface area contributed by atoms with Gasteiger partial charge >= 0.3 is 0 Å². The summed E-state index contributed by atoms with van der Waals surface area (Å²) in [7, 11) is 0. The van der Waals surface area contributed by atoms with Gasteiger partial charge in [0.05, 0.1) is 5.75 Å². The molecule has 0 aliphatic heterocycles. The molecule has 0 aromatic carbocycles. The van der Waals surface area contributed by atoms with Gasteiger partial charge in [0.15, 0.2) is 0 Å². The molecule has 1 atom stereocenters. The van der Waals surface area contributed by atoms with Crippen LogP contribution < -0.4 is 5.32 Å². The molecule has 0 radical (unpaired) electrons. The summed E-state index contributed by atoms with van der Waals surface area (Å²) in [6.45, 7) is 2.49. The van der Waals surface area contributed by atoms with Crippen LogP contribution >= 0.6 is 12.6 Å². The highest BCUT2D eigenvalue weighted by Crippen LogP contribution is 1.88. The molecule has 1 unspecified atom stereocenters. The molecule has 60 valence electrons. The number of aliphatic hydroxyl groups excluding tert-OH is 1. The summed E-state index contributed by atoms with van der Waals surface area (Å²) in [5, 5.41) is 11.2. The summed E-state index contributed by atoms with van der Waals surface area (Å²) in [5.74, 6) is 0.241. The highest BCUT2D eigenvalue weighted by Gasteiger charge is 2.01. The molecule has 0 aromatic rings. The molecule has 0 fully saturated rings. The molecule has 0 aliphatic carbocycles. The number of carbonyl (C=O) groups excluding carboxylic acids is 1. The van der Waals surface area contributed by atoms with E-state index in [1.807, 2.05) is 6.92 Å². The van der Waals surface area contributed by atoms with Crippen molar-refractivity contribution in [3.63, 3.8) is 0 Å². The number of carbonyl (C=O) groups is 1. The number of hydrogen-bond donors (Lipinski definition) is 3. The van der Waals surface area contributed by atoms with Crippen molar-refractivity contribution in [3.05, 3.63) is 0 Å². The molecule has 1 amide bonds. The Hall–Kier alpha value is -0.220. The van der Waals surface area contributed by atoms with Crippen LogP contribution in [-0.2, 0) is 4.79 Å². The van der Waals surface area contributed by atoms with Gasteiger partial charge in [-0.25, -0.2) is 0 Å². The van der Waals surface area contributed by atoms with E-state index in [-0.39, 0.29) is 24.2 Å². The maximum absolute atomic E-state index is 10.6. The first kappa shape index (κ1) is 9.78. The fourth-order valence-electron chi connectivity index (χ4n) is 0.409. The van der Waals surface area contributed by atoms with Crippen molar-refractivity contribution in [1.82, 2.24) is 5.32 Å². The minimum atomic E-state index is -0.0939. The zero-order valence-electron chi connectivity index (χ0n) is 6.00. The van der Waals surface area contributed by atoms with E-state index < -0.39 is 0 Å². The molecule has 0 bridgehead atoms. The Balaban J connectivity index is 3.26. The Bertz CT molecular complexity index is 108. The average molecular weight is 163 g/mol. The Labute approximate surface area is 66.2 Å². The Morgan fingerprint density at radius 2 is 2.40 bits per heavy atom. The van der Waals surface area contributed by atoms with Crippen LogP contribution in [0.5, 0.6) is 0 Å². The smallest absolute Gasteiger partial charge is 0.229 e. The number of amides is 1. The molecule has 0 saturated carbocycles. The number of aliphatic hydroxyl groups is 1. The lowest BCUT2D eigenvalue weighted by molar-refractivity contribution is -0.118. The SMILES string of the molecule is CC(CO)CNC(=O)CS. The second-order valence-electron chi connectivity index (χ2n) is 2.25. The van der Waals surface area contributed by atoms with E-state index in [1.165, 1.54) is 0 Å². The third kappa shape index (κ3) is 4.64. The third-order valence-corrected chi connectivity index (χ3v) is 1.39. The highest BCUT2D eigenvalue weighted by atomic mass is 32.1. The van der Waals surface area contributed by atoms with Crippen LogP contribution in [0, 0.1) is 5.92 Å². The molecule has 0 saturated heterocycles. The summed E-state index contributed by atoms with van der Waals surface area (Å²) < 4.78 is 0. The van der Waals surface area contributed by atoms with Crippen LogP contribution in [-0.4, -0.2) is 29.9 Å². The van der Waals surface area contributed by atoms with Gasteiger partial charge in [0.25, 0.3) is 0 Å². The molecule has 0 aromatic heterocycles. The van der Waals surface area contributed by atoms with E-state index in [9.17, 15) is 4.79 Å². The van der Waals surface area contributed by atoms with Gasteiger partial charge in [0.2, 0.25) is 5.91 Å². The molecular formula is C6H13NO2S. The Morgan fingerprint density at radius 1 is 1.80 bits per heavy atom. The quantitative estimate of drug-likeness (QED) is 0.497. The van der Waals surface area contributed by atoms with Crippen molar-refractivity contribution >= 4 is 18.5 Å². The van der Waals surface area contributed by atoms with E-state index in [2.05, 4.69) is 17.9 Å². The number of hydrogen-bond acceptors (Lipinski definition) is 3. The van der Waals surface area contributed by atoms with Crippen molar-refractivity contribution in [1.29, 1.82) is 0 Å². The van der Waals surface area contributed by atoms with Gasteiger partial charge in [-0.2, -0.15) is 12.6 Å². The molecule has 3 nitrogen and oxygen atoms in total. The maximum atomic E-state index is 10.6. The largest absolute Gasteiger partial charge is 0.396 e. The zero-order valence-corrected chi connectivity index (χ0v) is 6.90. The molecule has 0 aliphatic rings. The van der Waals surface area contributed by atoms with E-state index in [0.29, 0.717) is 6.54 Å². The summed E-state index contributed by atoms with van der Waals surface area (Å²) in [6, 6.07) is 0. The predicted molar refractivity (Wildman–Crippen MR) is 43.1 cm³/mol. The summed E-state index contributed by atoms with van der Waals surface area (Å²) >= 11 is 3.77. The average Bonchev–Trinajstić information content (AvgIpc) is 1.99.